The summed E-state index contributed by atoms with van der Waals surface area (Å²) < 4.78 is 27.0. The highest BCUT2D eigenvalue weighted by Gasteiger charge is 2.38. The van der Waals surface area contributed by atoms with Gasteiger partial charge < -0.3 is 25.4 Å². The highest BCUT2D eigenvalue weighted by molar-refractivity contribution is 5.98. The molecule has 1 fully saturated rings. The summed E-state index contributed by atoms with van der Waals surface area (Å²) in [5.41, 5.74) is 3.19. The smallest absolute Gasteiger partial charge is 0.254 e. The molecule has 0 radical (unpaired) electrons. The Bertz CT molecular complexity index is 1510. The molecular weight excluding hydrogens is 511 g/mol. The molecule has 1 atom stereocenters. The number of halogens is 1. The number of nitrogens with zero attached hydrogens (tertiary/aromatic N) is 3. The first-order valence-electron chi connectivity index (χ1n) is 13.3. The van der Waals surface area contributed by atoms with E-state index in [0.717, 1.165) is 29.7 Å². The highest BCUT2D eigenvalue weighted by atomic mass is 19.1. The number of hydrogen-bond acceptors (Lipinski definition) is 8. The molecule has 1 aliphatic carbocycles. The Morgan fingerprint density at radius 1 is 1.27 bits per heavy atom. The fourth-order valence-corrected chi connectivity index (χ4v) is 4.55. The minimum absolute atomic E-state index is 0.00401. The molecular formula is C30H33FN6O3. The molecule has 3 aromatic rings. The Labute approximate surface area is 233 Å². The third-order valence-electron chi connectivity index (χ3n) is 6.94. The molecule has 2 aliphatic rings. The predicted octanol–water partition coefficient (Wildman–Crippen LogP) is 5.30. The maximum Gasteiger partial charge on any atom is 0.254 e. The molecule has 2 aromatic carbocycles. The normalized spacial score (nSPS) is 17.9. The lowest BCUT2D eigenvalue weighted by Crippen LogP contribution is -2.35. The van der Waals surface area contributed by atoms with Gasteiger partial charge in [0.05, 0.1) is 46.5 Å². The molecule has 1 aromatic heterocycles. The van der Waals surface area contributed by atoms with Crippen LogP contribution >= 0.6 is 0 Å². The summed E-state index contributed by atoms with van der Waals surface area (Å²) in [6.07, 6.45) is 3.32. The van der Waals surface area contributed by atoms with E-state index in [4.69, 9.17) is 9.47 Å². The third kappa shape index (κ3) is 5.70. The molecule has 1 saturated carbocycles. The van der Waals surface area contributed by atoms with Crippen LogP contribution in [0, 0.1) is 17.1 Å². The number of nitrogens with one attached hydrogen (secondary N) is 3. The van der Waals surface area contributed by atoms with Crippen molar-refractivity contribution >= 4 is 23.2 Å². The van der Waals surface area contributed by atoms with Crippen molar-refractivity contribution in [1.82, 2.24) is 15.3 Å². The zero-order chi connectivity index (χ0) is 28.7. The molecule has 5 rings (SSSR count). The van der Waals surface area contributed by atoms with E-state index in [9.17, 15) is 10.1 Å². The first-order chi connectivity index (χ1) is 19.0. The average molecular weight is 545 g/mol. The van der Waals surface area contributed by atoms with Gasteiger partial charge in [0, 0.05) is 36.8 Å². The minimum atomic E-state index is -0.595. The third-order valence-corrected chi connectivity index (χ3v) is 6.94. The number of anilines is 3. The summed E-state index contributed by atoms with van der Waals surface area (Å²) in [5.74, 6) is -0.634. The van der Waals surface area contributed by atoms with Crippen molar-refractivity contribution in [3.8, 4) is 23.1 Å². The van der Waals surface area contributed by atoms with Crippen LogP contribution in [0.2, 0.25) is 0 Å². The Balaban J connectivity index is 1.47. The molecule has 1 aliphatic heterocycles. The van der Waals surface area contributed by atoms with Gasteiger partial charge in [-0.15, -0.1) is 0 Å². The maximum atomic E-state index is 15.1. The zero-order valence-corrected chi connectivity index (χ0v) is 23.3. The lowest BCUT2D eigenvalue weighted by molar-refractivity contribution is -0.0247. The monoisotopic (exact) mass is 544 g/mol. The van der Waals surface area contributed by atoms with Crippen LogP contribution in [0.15, 0.2) is 36.5 Å². The van der Waals surface area contributed by atoms with Crippen molar-refractivity contribution in [1.29, 1.82) is 5.26 Å². The number of carbonyl (C=O) groups is 1. The van der Waals surface area contributed by atoms with E-state index < -0.39 is 5.82 Å². The van der Waals surface area contributed by atoms with E-state index in [1.807, 2.05) is 26.8 Å². The summed E-state index contributed by atoms with van der Waals surface area (Å²) in [5, 5.41) is 18.8. The number of amides is 1. The van der Waals surface area contributed by atoms with E-state index in [0.29, 0.717) is 24.4 Å². The highest BCUT2D eigenvalue weighted by Crippen LogP contribution is 2.42. The van der Waals surface area contributed by atoms with Gasteiger partial charge >= 0.3 is 0 Å². The number of hydrogen-bond donors (Lipinski definition) is 3. The van der Waals surface area contributed by atoms with Crippen molar-refractivity contribution < 1.29 is 18.7 Å². The van der Waals surface area contributed by atoms with Crippen LogP contribution in [0.1, 0.15) is 62.0 Å². The number of fused-ring (bicyclic) bond motifs is 1. The van der Waals surface area contributed by atoms with E-state index in [1.165, 1.54) is 19.2 Å². The van der Waals surface area contributed by atoms with Crippen LogP contribution in [0.25, 0.3) is 11.3 Å². The topological polar surface area (TPSA) is 121 Å². The van der Waals surface area contributed by atoms with Crippen LogP contribution in [-0.2, 0) is 10.2 Å². The maximum absolute atomic E-state index is 15.1. The van der Waals surface area contributed by atoms with Gasteiger partial charge in [-0.3, -0.25) is 4.79 Å². The number of ether oxygens (including phenoxy) is 2. The van der Waals surface area contributed by atoms with Gasteiger partial charge in [0.2, 0.25) is 5.95 Å². The number of carbonyl (C=O) groups excluding carboxylic acids is 1. The van der Waals surface area contributed by atoms with Crippen LogP contribution in [0.4, 0.5) is 21.7 Å². The molecule has 9 nitrogen and oxygen atoms in total. The van der Waals surface area contributed by atoms with Crippen LogP contribution in [0.5, 0.6) is 5.75 Å². The van der Waals surface area contributed by atoms with E-state index in [1.54, 1.807) is 18.3 Å². The van der Waals surface area contributed by atoms with E-state index in [2.05, 4.69) is 38.9 Å². The van der Waals surface area contributed by atoms with Crippen molar-refractivity contribution in [2.24, 2.45) is 0 Å². The fourth-order valence-electron chi connectivity index (χ4n) is 4.55. The summed E-state index contributed by atoms with van der Waals surface area (Å²) in [7, 11) is 1.51. The number of aromatic nitrogens is 2. The summed E-state index contributed by atoms with van der Waals surface area (Å²) >= 11 is 0. The lowest BCUT2D eigenvalue weighted by atomic mass is 9.83. The van der Waals surface area contributed by atoms with Crippen molar-refractivity contribution in [3.63, 3.8) is 0 Å². The first kappa shape index (κ1) is 27.3. The van der Waals surface area contributed by atoms with Gasteiger partial charge in [-0.1, -0.05) is 6.92 Å². The van der Waals surface area contributed by atoms with Gasteiger partial charge in [-0.2, -0.15) is 5.26 Å². The molecule has 0 spiro atoms. The number of benzene rings is 2. The molecule has 1 unspecified atom stereocenters. The SMILES string of the molecule is CNC(=O)c1cc(Nc2nccc(-c3cc(C#N)c4c(c3)C(C)(COC(C)(C)C)CN4)n2)c(F)cc1OC1CC1. The minimum Gasteiger partial charge on any atom is -0.489 e. The Morgan fingerprint density at radius 2 is 2.05 bits per heavy atom. The van der Waals surface area contributed by atoms with Gasteiger partial charge in [0.15, 0.2) is 0 Å². The van der Waals surface area contributed by atoms with Gasteiger partial charge in [-0.05, 0) is 63.4 Å². The summed E-state index contributed by atoms with van der Waals surface area (Å²) in [6, 6.07) is 10.4. The van der Waals surface area contributed by atoms with Crippen molar-refractivity contribution in [3.05, 3.63) is 59.0 Å². The second kappa shape index (κ2) is 10.4. The molecule has 2 heterocycles. The number of rotatable bonds is 8. The van der Waals surface area contributed by atoms with Crippen LogP contribution < -0.4 is 20.7 Å². The molecule has 40 heavy (non-hydrogen) atoms. The quantitative estimate of drug-likeness (QED) is 0.350. The van der Waals surface area contributed by atoms with Gasteiger partial charge in [0.25, 0.3) is 5.91 Å². The Kier molecular flexibility index (Phi) is 7.10. The van der Waals surface area contributed by atoms with E-state index >= 15 is 4.39 Å². The van der Waals surface area contributed by atoms with Crippen molar-refractivity contribution in [2.45, 2.75) is 57.7 Å². The van der Waals surface area contributed by atoms with Crippen molar-refractivity contribution in [2.75, 3.05) is 30.8 Å². The Morgan fingerprint density at radius 3 is 2.73 bits per heavy atom. The van der Waals surface area contributed by atoms with Crippen LogP contribution in [-0.4, -0.2) is 47.8 Å². The number of nitriles is 1. The standard InChI is InChI=1S/C30H33FN6O3/c1-29(2,3)39-16-30(4)15-35-26-18(14-32)10-17(11-21(26)30)23-8-9-34-28(36-23)37-24-12-20(27(38)33-5)25(13-22(24)31)40-19-6-7-19/h8-13,19,35H,6-7,15-16H2,1-5H3,(H,33,38)(H,34,36,37). The average Bonchev–Trinajstić information content (AvgIpc) is 3.68. The zero-order valence-electron chi connectivity index (χ0n) is 23.3. The fraction of sp³-hybridized carbons (Fsp3) is 0.400. The van der Waals surface area contributed by atoms with Gasteiger partial charge in [0.1, 0.15) is 17.6 Å². The first-order valence-corrected chi connectivity index (χ1v) is 13.3. The molecule has 0 bridgehead atoms. The second-order valence-electron chi connectivity index (χ2n) is 11.5. The largest absolute Gasteiger partial charge is 0.489 e. The Hall–Kier alpha value is -4.23. The van der Waals surface area contributed by atoms with Gasteiger partial charge in [-0.25, -0.2) is 14.4 Å². The van der Waals surface area contributed by atoms with E-state index in [-0.39, 0.29) is 46.0 Å². The molecule has 1 amide bonds. The molecule has 3 N–H and O–H groups in total. The van der Waals surface area contributed by atoms with Crippen LogP contribution in [0.3, 0.4) is 0 Å². The molecule has 208 valence electrons. The lowest BCUT2D eigenvalue weighted by Gasteiger charge is -2.29. The molecule has 0 saturated heterocycles. The molecule has 10 heteroatoms. The second-order valence-corrected chi connectivity index (χ2v) is 11.5. The summed E-state index contributed by atoms with van der Waals surface area (Å²) in [6.45, 7) is 9.27. The predicted molar refractivity (Wildman–Crippen MR) is 150 cm³/mol. The summed E-state index contributed by atoms with van der Waals surface area (Å²) in [4.78, 5) is 21.4.